The Hall–Kier alpha value is -1.33. The quantitative estimate of drug-likeness (QED) is 0.930. The van der Waals surface area contributed by atoms with Crippen molar-refractivity contribution in [1.82, 2.24) is 4.98 Å². The molecule has 0 saturated carbocycles. The van der Waals surface area contributed by atoms with Gasteiger partial charge >= 0.3 is 0 Å². The number of hydrogen-bond acceptors (Lipinski definition) is 4. The zero-order valence-corrected chi connectivity index (χ0v) is 12.8. The van der Waals surface area contributed by atoms with Crippen molar-refractivity contribution in [1.29, 1.82) is 0 Å². The normalized spacial score (nSPS) is 10.5. The maximum absolute atomic E-state index is 12.1. The van der Waals surface area contributed by atoms with Gasteiger partial charge in [-0.25, -0.2) is 4.98 Å². The molecule has 2 aromatic rings. The van der Waals surface area contributed by atoms with E-state index in [0.717, 1.165) is 22.6 Å². The fraction of sp³-hybridized carbons (Fsp3) is 0.286. The molecule has 0 saturated heterocycles. The van der Waals surface area contributed by atoms with E-state index in [2.05, 4.69) is 16.4 Å². The number of benzene rings is 1. The van der Waals surface area contributed by atoms with Crippen LogP contribution in [0.15, 0.2) is 23.6 Å². The third kappa shape index (κ3) is 3.81. The lowest BCUT2D eigenvalue weighted by Crippen LogP contribution is -2.12. The van der Waals surface area contributed by atoms with Gasteiger partial charge < -0.3 is 0 Å². The van der Waals surface area contributed by atoms with Gasteiger partial charge in [0, 0.05) is 16.7 Å². The predicted molar refractivity (Wildman–Crippen MR) is 83.2 cm³/mol. The van der Waals surface area contributed by atoms with Crippen molar-refractivity contribution < 1.29 is 4.79 Å². The highest BCUT2D eigenvalue weighted by molar-refractivity contribution is 7.97. The smallest absolute Gasteiger partial charge is 0.257 e. The van der Waals surface area contributed by atoms with Gasteiger partial charge in [-0.3, -0.25) is 10.1 Å². The molecule has 1 aromatic heterocycles. The standard InChI is InChI=1S/C14H16N2OS2/c1-9-4-10(2)6-11(5-9)13(17)16-14-15-12(7-18-3)8-19-14/h4-6,8H,7H2,1-3H3,(H,15,16,17). The number of nitrogens with zero attached hydrogens (tertiary/aromatic N) is 1. The molecule has 0 spiro atoms. The lowest BCUT2D eigenvalue weighted by molar-refractivity contribution is 0.102. The Morgan fingerprint density at radius 1 is 1.32 bits per heavy atom. The molecule has 100 valence electrons. The molecule has 3 nitrogen and oxygen atoms in total. The first kappa shape index (κ1) is 14.1. The maximum atomic E-state index is 12.1. The number of carbonyl (C=O) groups is 1. The Morgan fingerprint density at radius 3 is 2.63 bits per heavy atom. The number of carbonyl (C=O) groups excluding carboxylic acids is 1. The van der Waals surface area contributed by atoms with Crippen LogP contribution < -0.4 is 5.32 Å². The summed E-state index contributed by atoms with van der Waals surface area (Å²) in [7, 11) is 0. The molecule has 1 aromatic carbocycles. The van der Waals surface area contributed by atoms with Crippen molar-refractivity contribution in [2.45, 2.75) is 19.6 Å². The SMILES string of the molecule is CSCc1csc(NC(=O)c2cc(C)cc(C)c2)n1. The molecule has 5 heteroatoms. The van der Waals surface area contributed by atoms with Gasteiger partial charge in [0.2, 0.25) is 0 Å². The molecule has 1 heterocycles. The fourth-order valence-corrected chi connectivity index (χ4v) is 3.11. The molecular formula is C14H16N2OS2. The van der Waals surface area contributed by atoms with Gasteiger partial charge in [0.15, 0.2) is 5.13 Å². The van der Waals surface area contributed by atoms with Crippen LogP contribution in [0.25, 0.3) is 0 Å². The molecule has 0 radical (unpaired) electrons. The second-order valence-electron chi connectivity index (χ2n) is 4.41. The highest BCUT2D eigenvalue weighted by atomic mass is 32.2. The van der Waals surface area contributed by atoms with Gasteiger partial charge in [-0.2, -0.15) is 11.8 Å². The number of rotatable bonds is 4. The van der Waals surface area contributed by atoms with Crippen molar-refractivity contribution in [2.75, 3.05) is 11.6 Å². The third-order valence-electron chi connectivity index (χ3n) is 2.55. The van der Waals surface area contributed by atoms with E-state index in [4.69, 9.17) is 0 Å². The maximum Gasteiger partial charge on any atom is 0.257 e. The van der Waals surface area contributed by atoms with E-state index in [1.54, 1.807) is 11.8 Å². The van der Waals surface area contributed by atoms with Gasteiger partial charge in [-0.15, -0.1) is 11.3 Å². The Morgan fingerprint density at radius 2 is 2.00 bits per heavy atom. The minimum Gasteiger partial charge on any atom is -0.298 e. The van der Waals surface area contributed by atoms with E-state index < -0.39 is 0 Å². The predicted octanol–water partition coefficient (Wildman–Crippen LogP) is 3.88. The number of nitrogens with one attached hydrogen (secondary N) is 1. The van der Waals surface area contributed by atoms with Crippen LogP contribution in [0.1, 0.15) is 27.2 Å². The van der Waals surface area contributed by atoms with Crippen LogP contribution in [0.4, 0.5) is 5.13 Å². The number of hydrogen-bond donors (Lipinski definition) is 1. The molecule has 1 amide bonds. The van der Waals surface area contributed by atoms with Gasteiger partial charge in [0.25, 0.3) is 5.91 Å². The minimum absolute atomic E-state index is 0.100. The number of thioether (sulfide) groups is 1. The molecule has 0 aliphatic carbocycles. The summed E-state index contributed by atoms with van der Waals surface area (Å²) in [6.45, 7) is 3.98. The van der Waals surface area contributed by atoms with Crippen molar-refractivity contribution >= 4 is 34.1 Å². The summed E-state index contributed by atoms with van der Waals surface area (Å²) in [5, 5.41) is 5.49. The highest BCUT2D eigenvalue weighted by Gasteiger charge is 2.09. The van der Waals surface area contributed by atoms with Crippen LogP contribution in [0, 0.1) is 13.8 Å². The molecule has 19 heavy (non-hydrogen) atoms. The summed E-state index contributed by atoms with van der Waals surface area (Å²) >= 11 is 3.18. The lowest BCUT2D eigenvalue weighted by atomic mass is 10.1. The zero-order valence-electron chi connectivity index (χ0n) is 11.2. The van der Waals surface area contributed by atoms with Crippen molar-refractivity contribution in [3.8, 4) is 0 Å². The topological polar surface area (TPSA) is 42.0 Å². The molecule has 2 rings (SSSR count). The van der Waals surface area contributed by atoms with Crippen molar-refractivity contribution in [2.24, 2.45) is 0 Å². The van der Waals surface area contributed by atoms with Crippen LogP contribution in [0.2, 0.25) is 0 Å². The second kappa shape index (κ2) is 6.21. The summed E-state index contributed by atoms with van der Waals surface area (Å²) in [6.07, 6.45) is 2.03. The summed E-state index contributed by atoms with van der Waals surface area (Å²) in [4.78, 5) is 16.5. The molecule has 0 atom stereocenters. The van der Waals surface area contributed by atoms with Crippen LogP contribution in [-0.2, 0) is 5.75 Å². The number of anilines is 1. The number of aromatic nitrogens is 1. The first-order valence-corrected chi connectivity index (χ1v) is 8.19. The van der Waals surface area contributed by atoms with Gasteiger partial charge in [0.1, 0.15) is 0 Å². The average molecular weight is 292 g/mol. The Labute approximate surface area is 121 Å². The molecule has 0 bridgehead atoms. The molecule has 0 fully saturated rings. The molecule has 0 aliphatic rings. The zero-order chi connectivity index (χ0) is 13.8. The van der Waals surface area contributed by atoms with E-state index in [9.17, 15) is 4.79 Å². The third-order valence-corrected chi connectivity index (χ3v) is 3.94. The number of thiazole rings is 1. The van der Waals surface area contributed by atoms with E-state index in [1.807, 2.05) is 37.6 Å². The lowest BCUT2D eigenvalue weighted by Gasteiger charge is -2.04. The van der Waals surface area contributed by atoms with Crippen LogP contribution in [0.3, 0.4) is 0 Å². The van der Waals surface area contributed by atoms with E-state index >= 15 is 0 Å². The summed E-state index contributed by atoms with van der Waals surface area (Å²) in [6, 6.07) is 5.83. The van der Waals surface area contributed by atoms with E-state index in [-0.39, 0.29) is 5.91 Å². The fourth-order valence-electron chi connectivity index (χ4n) is 1.85. The van der Waals surface area contributed by atoms with E-state index in [0.29, 0.717) is 10.7 Å². The molecule has 1 N–H and O–H groups in total. The molecule has 0 unspecified atom stereocenters. The largest absolute Gasteiger partial charge is 0.298 e. The molecular weight excluding hydrogens is 276 g/mol. The Kier molecular flexibility index (Phi) is 4.61. The van der Waals surface area contributed by atoms with Crippen molar-refractivity contribution in [3.05, 3.63) is 46.0 Å². The highest BCUT2D eigenvalue weighted by Crippen LogP contribution is 2.19. The Balaban J connectivity index is 2.11. The van der Waals surface area contributed by atoms with Crippen LogP contribution in [0.5, 0.6) is 0 Å². The minimum atomic E-state index is -0.100. The van der Waals surface area contributed by atoms with Gasteiger partial charge in [-0.05, 0) is 32.2 Å². The monoisotopic (exact) mass is 292 g/mol. The van der Waals surface area contributed by atoms with E-state index in [1.165, 1.54) is 11.3 Å². The number of aryl methyl sites for hydroxylation is 2. The van der Waals surface area contributed by atoms with Crippen LogP contribution in [-0.4, -0.2) is 17.1 Å². The number of amides is 1. The Bertz CT molecular complexity index is 573. The van der Waals surface area contributed by atoms with Crippen LogP contribution >= 0.6 is 23.1 Å². The van der Waals surface area contributed by atoms with Gasteiger partial charge in [-0.1, -0.05) is 17.2 Å². The van der Waals surface area contributed by atoms with Crippen molar-refractivity contribution in [3.63, 3.8) is 0 Å². The summed E-state index contributed by atoms with van der Waals surface area (Å²) < 4.78 is 0. The first-order chi connectivity index (χ1) is 9.08. The summed E-state index contributed by atoms with van der Waals surface area (Å²) in [5.41, 5.74) is 3.87. The van der Waals surface area contributed by atoms with Gasteiger partial charge in [0.05, 0.1) is 5.69 Å². The first-order valence-electron chi connectivity index (χ1n) is 5.91. The second-order valence-corrected chi connectivity index (χ2v) is 6.13. The average Bonchev–Trinajstić information content (AvgIpc) is 2.76. The summed E-state index contributed by atoms with van der Waals surface area (Å²) in [5.74, 6) is 0.771. The molecule has 0 aliphatic heterocycles.